The number of nitrogens with zero attached hydrogens (tertiary/aromatic N) is 3. The number of Topliss-reactive ketones (excluding diaryl/α,β-unsaturated/α-hetero) is 2. The number of aryl methyl sites for hydroxylation is 1. The van der Waals surface area contributed by atoms with Crippen molar-refractivity contribution < 1.29 is 9.59 Å². The SMILES string of the molecule is C.CSc1ccc(CC(=O)Cc2ccc(C#N)cn2)cc1.CSc1ccc(CC(=O)Cc2ccc(C)nc2)cc1. The molecule has 7 heteroatoms. The third-order valence-electron chi connectivity index (χ3n) is 5.83. The first-order valence-electron chi connectivity index (χ1n) is 12.4. The molecule has 0 spiro atoms. The van der Waals surface area contributed by atoms with Crippen LogP contribution in [0.3, 0.4) is 0 Å². The molecule has 5 nitrogen and oxygen atoms in total. The van der Waals surface area contributed by atoms with Crippen LogP contribution in [-0.4, -0.2) is 34.0 Å². The van der Waals surface area contributed by atoms with Gasteiger partial charge in [0.2, 0.25) is 0 Å². The highest BCUT2D eigenvalue weighted by Gasteiger charge is 2.07. The van der Waals surface area contributed by atoms with Gasteiger partial charge in [0, 0.05) is 59.3 Å². The van der Waals surface area contributed by atoms with Crippen LogP contribution in [0.4, 0.5) is 0 Å². The highest BCUT2D eigenvalue weighted by atomic mass is 32.2. The molecule has 0 aliphatic rings. The van der Waals surface area contributed by atoms with Crippen LogP contribution >= 0.6 is 23.5 Å². The lowest BCUT2D eigenvalue weighted by Gasteiger charge is -2.03. The van der Waals surface area contributed by atoms with Crippen LogP contribution in [0.2, 0.25) is 0 Å². The first-order valence-corrected chi connectivity index (χ1v) is 14.9. The van der Waals surface area contributed by atoms with E-state index in [1.165, 1.54) is 16.0 Å². The molecule has 4 aromatic rings. The second kappa shape index (κ2) is 17.1. The van der Waals surface area contributed by atoms with Gasteiger partial charge in [-0.2, -0.15) is 5.26 Å². The van der Waals surface area contributed by atoms with Crippen LogP contribution < -0.4 is 0 Å². The molecule has 0 fully saturated rings. The minimum atomic E-state index is 0. The summed E-state index contributed by atoms with van der Waals surface area (Å²) in [6.45, 7) is 1.94. The number of thioether (sulfide) groups is 2. The van der Waals surface area contributed by atoms with Gasteiger partial charge in [-0.3, -0.25) is 19.6 Å². The topological polar surface area (TPSA) is 83.7 Å². The first kappa shape index (κ1) is 32.5. The molecule has 2 aromatic heterocycles. The van der Waals surface area contributed by atoms with Crippen LogP contribution in [0.15, 0.2) is 95.0 Å². The highest BCUT2D eigenvalue weighted by molar-refractivity contribution is 7.98. The molecule has 2 aromatic carbocycles. The summed E-state index contributed by atoms with van der Waals surface area (Å²) in [5.74, 6) is 0.349. The number of hydrogen-bond donors (Lipinski definition) is 0. The lowest BCUT2D eigenvalue weighted by molar-refractivity contribution is -0.118. The minimum absolute atomic E-state index is 0. The molecule has 0 N–H and O–H groups in total. The molecule has 0 aliphatic carbocycles. The van der Waals surface area contributed by atoms with Crippen LogP contribution in [0.25, 0.3) is 0 Å². The standard InChI is InChI=1S/C16H14N2OS.C16H17NOS.CH4/c1-20-16-6-3-12(4-7-16)8-15(19)9-14-5-2-13(10-17)11-18-14;1-12-3-4-14(11-17-12)10-15(18)9-13-5-7-16(19-2)8-6-13;/h2-7,11H,8-9H2,1H3;3-8,11H,9-10H2,1-2H3;1H4. The van der Waals surface area contributed by atoms with Crippen LogP contribution in [0, 0.1) is 18.3 Å². The van der Waals surface area contributed by atoms with E-state index in [1.807, 2.05) is 74.0 Å². The van der Waals surface area contributed by atoms with E-state index in [2.05, 4.69) is 22.1 Å². The summed E-state index contributed by atoms with van der Waals surface area (Å²) in [7, 11) is 0. The van der Waals surface area contributed by atoms with Gasteiger partial charge < -0.3 is 0 Å². The Labute approximate surface area is 246 Å². The summed E-state index contributed by atoms with van der Waals surface area (Å²) < 4.78 is 0. The maximum atomic E-state index is 12.0. The average Bonchev–Trinajstić information content (AvgIpc) is 2.96. The van der Waals surface area contributed by atoms with E-state index in [0.717, 1.165) is 22.4 Å². The third kappa shape index (κ3) is 11.2. The van der Waals surface area contributed by atoms with Crippen LogP contribution in [0.1, 0.15) is 41.1 Å². The molecule has 0 radical (unpaired) electrons. The molecule has 0 aliphatic heterocycles. The van der Waals surface area contributed by atoms with Gasteiger partial charge in [0.25, 0.3) is 0 Å². The number of pyridine rings is 2. The smallest absolute Gasteiger partial charge is 0.143 e. The zero-order valence-corrected chi connectivity index (χ0v) is 24.0. The molecule has 0 amide bonds. The van der Waals surface area contributed by atoms with Crippen molar-refractivity contribution in [2.24, 2.45) is 0 Å². The Kier molecular flexibility index (Phi) is 13.9. The largest absolute Gasteiger partial charge is 0.299 e. The molecule has 40 heavy (non-hydrogen) atoms. The van der Waals surface area contributed by atoms with E-state index in [4.69, 9.17) is 5.26 Å². The Morgan fingerprint density at radius 3 is 1.60 bits per heavy atom. The Balaban J connectivity index is 0.000000274. The normalized spacial score (nSPS) is 9.95. The molecule has 206 valence electrons. The van der Waals surface area contributed by atoms with E-state index in [-0.39, 0.29) is 19.0 Å². The second-order valence-corrected chi connectivity index (χ2v) is 10.7. The van der Waals surface area contributed by atoms with E-state index >= 15 is 0 Å². The van der Waals surface area contributed by atoms with Gasteiger partial charge in [0.15, 0.2) is 0 Å². The summed E-state index contributed by atoms with van der Waals surface area (Å²) in [6.07, 6.45) is 9.01. The maximum Gasteiger partial charge on any atom is 0.143 e. The molecular formula is C33H35N3O2S2. The molecule has 0 atom stereocenters. The van der Waals surface area contributed by atoms with E-state index in [0.29, 0.717) is 36.9 Å². The second-order valence-electron chi connectivity index (χ2n) is 8.94. The zero-order valence-electron chi connectivity index (χ0n) is 22.4. The van der Waals surface area contributed by atoms with Crippen molar-refractivity contribution in [3.05, 3.63) is 119 Å². The predicted octanol–water partition coefficient (Wildman–Crippen LogP) is 7.13. The van der Waals surface area contributed by atoms with Gasteiger partial charge in [0.05, 0.1) is 5.56 Å². The fourth-order valence-electron chi connectivity index (χ4n) is 3.70. The molecule has 4 rings (SSSR count). The zero-order chi connectivity index (χ0) is 28.0. The molecule has 0 saturated heterocycles. The fourth-order valence-corrected chi connectivity index (χ4v) is 4.51. The average molecular weight is 570 g/mol. The number of hydrogen-bond acceptors (Lipinski definition) is 7. The number of ketones is 2. The monoisotopic (exact) mass is 569 g/mol. The van der Waals surface area contributed by atoms with Gasteiger partial charge in [-0.05, 0) is 78.6 Å². The minimum Gasteiger partial charge on any atom is -0.299 e. The number of benzene rings is 2. The van der Waals surface area contributed by atoms with Gasteiger partial charge in [-0.15, -0.1) is 23.5 Å². The summed E-state index contributed by atoms with van der Waals surface area (Å²) >= 11 is 3.39. The van der Waals surface area contributed by atoms with Crippen molar-refractivity contribution in [2.75, 3.05) is 12.5 Å². The summed E-state index contributed by atoms with van der Waals surface area (Å²) in [6, 6.07) is 25.5. The maximum absolute atomic E-state index is 12.0. The van der Waals surface area contributed by atoms with Gasteiger partial charge >= 0.3 is 0 Å². The lowest BCUT2D eigenvalue weighted by Crippen LogP contribution is -2.07. The number of aromatic nitrogens is 2. The van der Waals surface area contributed by atoms with Gasteiger partial charge in [0.1, 0.15) is 17.6 Å². The first-order chi connectivity index (χ1) is 18.9. The summed E-state index contributed by atoms with van der Waals surface area (Å²) in [5, 5.41) is 8.69. The Bertz CT molecular complexity index is 1400. The summed E-state index contributed by atoms with van der Waals surface area (Å²) in [5.41, 5.74) is 5.26. The van der Waals surface area contributed by atoms with Crippen molar-refractivity contribution >= 4 is 35.1 Å². The van der Waals surface area contributed by atoms with Crippen LogP contribution in [-0.2, 0) is 35.3 Å². The Morgan fingerprint density at radius 1 is 0.675 bits per heavy atom. The Morgan fingerprint density at radius 2 is 1.18 bits per heavy atom. The number of rotatable bonds is 10. The molecule has 0 saturated carbocycles. The Hall–Kier alpha value is -3.73. The van der Waals surface area contributed by atoms with E-state index in [1.54, 1.807) is 41.9 Å². The van der Waals surface area contributed by atoms with Crippen molar-refractivity contribution in [3.63, 3.8) is 0 Å². The van der Waals surface area contributed by atoms with Crippen molar-refractivity contribution in [2.45, 2.75) is 49.8 Å². The fraction of sp³-hybridized carbons (Fsp3) is 0.242. The predicted molar refractivity (Wildman–Crippen MR) is 166 cm³/mol. The summed E-state index contributed by atoms with van der Waals surface area (Å²) in [4.78, 5) is 34.7. The molecule has 2 heterocycles. The van der Waals surface area contributed by atoms with Crippen molar-refractivity contribution in [1.82, 2.24) is 9.97 Å². The third-order valence-corrected chi connectivity index (χ3v) is 7.31. The van der Waals surface area contributed by atoms with Gasteiger partial charge in [-0.1, -0.05) is 37.8 Å². The molecule has 0 bridgehead atoms. The number of nitriles is 1. The highest BCUT2D eigenvalue weighted by Crippen LogP contribution is 2.16. The van der Waals surface area contributed by atoms with E-state index < -0.39 is 0 Å². The lowest BCUT2D eigenvalue weighted by atomic mass is 10.0. The number of carbonyl (C=O) groups is 2. The van der Waals surface area contributed by atoms with E-state index in [9.17, 15) is 9.59 Å². The molecule has 0 unspecified atom stereocenters. The van der Waals surface area contributed by atoms with Crippen molar-refractivity contribution in [3.8, 4) is 6.07 Å². The molecular weight excluding hydrogens is 535 g/mol. The van der Waals surface area contributed by atoms with Crippen molar-refractivity contribution in [1.29, 1.82) is 5.26 Å². The number of carbonyl (C=O) groups excluding carboxylic acids is 2. The van der Waals surface area contributed by atoms with Crippen LogP contribution in [0.5, 0.6) is 0 Å². The van der Waals surface area contributed by atoms with Gasteiger partial charge in [-0.25, -0.2) is 0 Å². The quantitative estimate of drug-likeness (QED) is 0.188.